The molecule has 2 heteroatoms. The summed E-state index contributed by atoms with van der Waals surface area (Å²) >= 11 is 0. The predicted molar refractivity (Wildman–Crippen MR) is 74.2 cm³/mol. The van der Waals surface area contributed by atoms with Gasteiger partial charge in [0.05, 0.1) is 0 Å². The van der Waals surface area contributed by atoms with Crippen LogP contribution in [-0.2, 0) is 0 Å². The Labute approximate surface area is 105 Å². The lowest BCUT2D eigenvalue weighted by Gasteiger charge is -2.24. The van der Waals surface area contributed by atoms with Crippen LogP contribution in [0, 0.1) is 11.8 Å². The second-order valence-electron chi connectivity index (χ2n) is 5.43. The summed E-state index contributed by atoms with van der Waals surface area (Å²) in [5.74, 6) is 1.56. The van der Waals surface area contributed by atoms with E-state index in [0.29, 0.717) is 0 Å². The second-order valence-corrected chi connectivity index (χ2v) is 5.43. The van der Waals surface area contributed by atoms with E-state index in [0.717, 1.165) is 31.3 Å². The average Bonchev–Trinajstić information content (AvgIpc) is 2.68. The summed E-state index contributed by atoms with van der Waals surface area (Å²) in [6.07, 6.45) is 0.996. The Hall–Kier alpha value is -1.02. The maximum Gasteiger partial charge on any atom is 0.0414 e. The maximum atomic E-state index is 6.21. The summed E-state index contributed by atoms with van der Waals surface area (Å²) in [4.78, 5) is 2.50. The summed E-state index contributed by atoms with van der Waals surface area (Å²) in [7, 11) is 0. The Morgan fingerprint density at radius 3 is 2.41 bits per heavy atom. The summed E-state index contributed by atoms with van der Waals surface area (Å²) in [6.45, 7) is 9.15. The van der Waals surface area contributed by atoms with Crippen LogP contribution in [0.1, 0.15) is 38.8 Å². The van der Waals surface area contributed by atoms with Crippen LogP contribution < -0.4 is 10.6 Å². The maximum absolute atomic E-state index is 6.21. The van der Waals surface area contributed by atoms with Crippen molar-refractivity contribution in [3.8, 4) is 0 Å². The lowest BCUT2D eigenvalue weighted by Crippen LogP contribution is -2.23. The first-order valence-electron chi connectivity index (χ1n) is 6.73. The second kappa shape index (κ2) is 5.09. The zero-order chi connectivity index (χ0) is 12.4. The molecule has 17 heavy (non-hydrogen) atoms. The Kier molecular flexibility index (Phi) is 3.72. The molecule has 0 radical (unpaired) electrons. The van der Waals surface area contributed by atoms with Gasteiger partial charge in [-0.25, -0.2) is 0 Å². The first-order valence-corrected chi connectivity index (χ1v) is 6.73. The molecule has 1 aliphatic heterocycles. The molecule has 0 aromatic heterocycles. The largest absolute Gasteiger partial charge is 0.371 e. The molecular formula is C15H24N2. The van der Waals surface area contributed by atoms with Gasteiger partial charge in [0, 0.05) is 24.8 Å². The van der Waals surface area contributed by atoms with Crippen LogP contribution in [0.25, 0.3) is 0 Å². The third kappa shape index (κ3) is 2.47. The minimum atomic E-state index is 0.164. The first-order chi connectivity index (χ1) is 8.13. The number of nitrogens with zero attached hydrogens (tertiary/aromatic N) is 1. The molecule has 0 amide bonds. The molecule has 1 fully saturated rings. The molecule has 1 aromatic carbocycles. The third-order valence-electron chi connectivity index (χ3n) is 4.10. The van der Waals surface area contributed by atoms with E-state index in [-0.39, 0.29) is 6.04 Å². The minimum absolute atomic E-state index is 0.164. The minimum Gasteiger partial charge on any atom is -0.371 e. The van der Waals surface area contributed by atoms with Crippen LogP contribution in [0.15, 0.2) is 24.3 Å². The van der Waals surface area contributed by atoms with Crippen LogP contribution >= 0.6 is 0 Å². The molecule has 2 rings (SSSR count). The van der Waals surface area contributed by atoms with Crippen LogP contribution in [0.2, 0.25) is 0 Å². The van der Waals surface area contributed by atoms with E-state index in [4.69, 9.17) is 5.73 Å². The zero-order valence-electron chi connectivity index (χ0n) is 11.2. The number of benzene rings is 1. The third-order valence-corrected chi connectivity index (χ3v) is 4.10. The van der Waals surface area contributed by atoms with Crippen molar-refractivity contribution in [2.45, 2.75) is 33.2 Å². The topological polar surface area (TPSA) is 29.3 Å². The lowest BCUT2D eigenvalue weighted by molar-refractivity contribution is 0.494. The molecule has 0 spiro atoms. The van der Waals surface area contributed by atoms with Gasteiger partial charge in [-0.15, -0.1) is 0 Å². The van der Waals surface area contributed by atoms with Crippen molar-refractivity contribution in [3.63, 3.8) is 0 Å². The fraction of sp³-hybridized carbons (Fsp3) is 0.600. The van der Waals surface area contributed by atoms with Gasteiger partial charge in [-0.2, -0.15) is 0 Å². The van der Waals surface area contributed by atoms with Gasteiger partial charge in [-0.1, -0.05) is 39.0 Å². The fourth-order valence-electron chi connectivity index (χ4n) is 2.64. The molecule has 1 aromatic rings. The van der Waals surface area contributed by atoms with Crippen LogP contribution in [0.5, 0.6) is 0 Å². The number of nitrogens with two attached hydrogens (primary N) is 1. The lowest BCUT2D eigenvalue weighted by atomic mass is 10.0. The Bertz CT molecular complexity index is 365. The van der Waals surface area contributed by atoms with Gasteiger partial charge in [0.25, 0.3) is 0 Å². The van der Waals surface area contributed by atoms with Gasteiger partial charge in [-0.3, -0.25) is 0 Å². The fourth-order valence-corrected chi connectivity index (χ4v) is 2.64. The number of hydrogen-bond donors (Lipinski definition) is 1. The van der Waals surface area contributed by atoms with Gasteiger partial charge >= 0.3 is 0 Å². The molecule has 0 saturated carbocycles. The highest BCUT2D eigenvalue weighted by Crippen LogP contribution is 2.32. The standard InChI is InChI=1S/C15H24N2/c1-4-14(16)13-7-5-6-8-15(13)17-9-11(2)12(3)10-17/h5-8,11-12,14H,4,9-10,16H2,1-3H3. The zero-order valence-corrected chi connectivity index (χ0v) is 11.2. The van der Waals surface area contributed by atoms with E-state index < -0.39 is 0 Å². The monoisotopic (exact) mass is 232 g/mol. The molecule has 1 heterocycles. The predicted octanol–water partition coefficient (Wildman–Crippen LogP) is 3.19. The van der Waals surface area contributed by atoms with E-state index in [9.17, 15) is 0 Å². The van der Waals surface area contributed by atoms with Gasteiger partial charge in [0.1, 0.15) is 0 Å². The van der Waals surface area contributed by atoms with E-state index in [2.05, 4.69) is 49.9 Å². The Morgan fingerprint density at radius 1 is 1.24 bits per heavy atom. The molecule has 1 aliphatic rings. The van der Waals surface area contributed by atoms with Crippen molar-refractivity contribution in [2.75, 3.05) is 18.0 Å². The van der Waals surface area contributed by atoms with Crippen molar-refractivity contribution in [3.05, 3.63) is 29.8 Å². The van der Waals surface area contributed by atoms with Crippen molar-refractivity contribution >= 4 is 5.69 Å². The quantitative estimate of drug-likeness (QED) is 0.867. The van der Waals surface area contributed by atoms with Crippen molar-refractivity contribution < 1.29 is 0 Å². The highest BCUT2D eigenvalue weighted by Gasteiger charge is 2.27. The van der Waals surface area contributed by atoms with Crippen molar-refractivity contribution in [2.24, 2.45) is 17.6 Å². The Balaban J connectivity index is 2.26. The van der Waals surface area contributed by atoms with Gasteiger partial charge in [-0.05, 0) is 29.9 Å². The summed E-state index contributed by atoms with van der Waals surface area (Å²) in [6, 6.07) is 8.77. The van der Waals surface area contributed by atoms with Gasteiger partial charge in [0.15, 0.2) is 0 Å². The van der Waals surface area contributed by atoms with Crippen LogP contribution in [0.3, 0.4) is 0 Å². The van der Waals surface area contributed by atoms with E-state index in [1.165, 1.54) is 11.3 Å². The molecule has 0 bridgehead atoms. The highest BCUT2D eigenvalue weighted by atomic mass is 15.2. The van der Waals surface area contributed by atoms with E-state index in [1.807, 2.05) is 0 Å². The molecule has 0 aliphatic carbocycles. The van der Waals surface area contributed by atoms with Gasteiger partial charge < -0.3 is 10.6 Å². The summed E-state index contributed by atoms with van der Waals surface area (Å²) in [5.41, 5.74) is 8.85. The molecule has 3 unspecified atom stereocenters. The molecule has 1 saturated heterocycles. The molecular weight excluding hydrogens is 208 g/mol. The van der Waals surface area contributed by atoms with Gasteiger partial charge in [0.2, 0.25) is 0 Å². The highest BCUT2D eigenvalue weighted by molar-refractivity contribution is 5.55. The average molecular weight is 232 g/mol. The van der Waals surface area contributed by atoms with E-state index >= 15 is 0 Å². The first kappa shape index (κ1) is 12.4. The number of para-hydroxylation sites is 1. The van der Waals surface area contributed by atoms with Crippen molar-refractivity contribution in [1.82, 2.24) is 0 Å². The van der Waals surface area contributed by atoms with Crippen LogP contribution in [0.4, 0.5) is 5.69 Å². The number of rotatable bonds is 3. The molecule has 2 N–H and O–H groups in total. The SMILES string of the molecule is CCC(N)c1ccccc1N1CC(C)C(C)C1. The summed E-state index contributed by atoms with van der Waals surface area (Å²) < 4.78 is 0. The Morgan fingerprint density at radius 2 is 1.82 bits per heavy atom. The number of hydrogen-bond acceptors (Lipinski definition) is 2. The number of anilines is 1. The smallest absolute Gasteiger partial charge is 0.0414 e. The molecule has 2 nitrogen and oxygen atoms in total. The van der Waals surface area contributed by atoms with Crippen LogP contribution in [-0.4, -0.2) is 13.1 Å². The molecule has 94 valence electrons. The van der Waals surface area contributed by atoms with E-state index in [1.54, 1.807) is 0 Å². The summed E-state index contributed by atoms with van der Waals surface area (Å²) in [5, 5.41) is 0. The molecule has 3 atom stereocenters. The van der Waals surface area contributed by atoms with Crippen molar-refractivity contribution in [1.29, 1.82) is 0 Å². The normalized spacial score (nSPS) is 26.2.